The fraction of sp³-hybridized carbons (Fsp3) is 0.222. The third kappa shape index (κ3) is 2.21. The van der Waals surface area contributed by atoms with Crippen molar-refractivity contribution in [2.45, 2.75) is 6.10 Å². The number of hydrogen-bond acceptors (Lipinski definition) is 4. The Bertz CT molecular complexity index is 453. The SMILES string of the molecule is Cn1ncc(C(O)c2ccc(Br)nc2)n1. The number of pyridine rings is 1. The highest BCUT2D eigenvalue weighted by atomic mass is 79.9. The van der Waals surface area contributed by atoms with Crippen LogP contribution in [0.4, 0.5) is 0 Å². The Balaban J connectivity index is 2.28. The molecule has 1 atom stereocenters. The molecule has 1 N–H and O–H groups in total. The molecule has 0 fully saturated rings. The van der Waals surface area contributed by atoms with Gasteiger partial charge in [0.15, 0.2) is 0 Å². The quantitative estimate of drug-likeness (QED) is 0.828. The first-order valence-corrected chi connectivity index (χ1v) is 5.12. The lowest BCUT2D eigenvalue weighted by Gasteiger charge is -2.06. The molecule has 0 aliphatic carbocycles. The highest BCUT2D eigenvalue weighted by Crippen LogP contribution is 2.19. The number of aliphatic hydroxyl groups is 1. The third-order valence-electron chi connectivity index (χ3n) is 1.96. The maximum Gasteiger partial charge on any atom is 0.126 e. The van der Waals surface area contributed by atoms with Gasteiger partial charge in [-0.15, -0.1) is 0 Å². The summed E-state index contributed by atoms with van der Waals surface area (Å²) in [5.41, 5.74) is 1.21. The lowest BCUT2D eigenvalue weighted by Crippen LogP contribution is -2.02. The lowest BCUT2D eigenvalue weighted by molar-refractivity contribution is 0.214. The molecule has 0 aliphatic rings. The van der Waals surface area contributed by atoms with Gasteiger partial charge in [0.1, 0.15) is 16.4 Å². The first-order valence-electron chi connectivity index (χ1n) is 4.32. The van der Waals surface area contributed by atoms with Crippen molar-refractivity contribution in [3.8, 4) is 0 Å². The molecule has 0 bridgehead atoms. The van der Waals surface area contributed by atoms with Gasteiger partial charge in [-0.25, -0.2) is 4.98 Å². The summed E-state index contributed by atoms with van der Waals surface area (Å²) >= 11 is 3.23. The molecular formula is C9H9BrN4O. The summed E-state index contributed by atoms with van der Waals surface area (Å²) < 4.78 is 0.734. The minimum Gasteiger partial charge on any atom is -0.382 e. The van der Waals surface area contributed by atoms with E-state index in [1.54, 1.807) is 25.4 Å². The van der Waals surface area contributed by atoms with Crippen molar-refractivity contribution in [3.05, 3.63) is 40.4 Å². The second-order valence-electron chi connectivity index (χ2n) is 3.08. The average Bonchev–Trinajstić information content (AvgIpc) is 2.65. The summed E-state index contributed by atoms with van der Waals surface area (Å²) in [6.45, 7) is 0. The van der Waals surface area contributed by atoms with E-state index in [2.05, 4.69) is 31.1 Å². The summed E-state index contributed by atoms with van der Waals surface area (Å²) in [5, 5.41) is 17.8. The molecule has 0 radical (unpaired) electrons. The third-order valence-corrected chi connectivity index (χ3v) is 2.43. The van der Waals surface area contributed by atoms with Crippen LogP contribution < -0.4 is 0 Å². The summed E-state index contributed by atoms with van der Waals surface area (Å²) in [7, 11) is 1.70. The van der Waals surface area contributed by atoms with Gasteiger partial charge in [0.25, 0.3) is 0 Å². The molecule has 2 aromatic heterocycles. The first kappa shape index (κ1) is 10.3. The van der Waals surface area contributed by atoms with Crippen LogP contribution in [0.3, 0.4) is 0 Å². The molecule has 2 heterocycles. The molecule has 0 saturated heterocycles. The summed E-state index contributed by atoms with van der Waals surface area (Å²) in [4.78, 5) is 5.44. The maximum absolute atomic E-state index is 9.92. The number of aryl methyl sites for hydroxylation is 1. The number of nitrogens with zero attached hydrogens (tertiary/aromatic N) is 4. The van der Waals surface area contributed by atoms with E-state index in [4.69, 9.17) is 0 Å². The first-order chi connectivity index (χ1) is 7.16. The van der Waals surface area contributed by atoms with E-state index in [0.29, 0.717) is 11.3 Å². The number of aromatic nitrogens is 4. The van der Waals surface area contributed by atoms with Gasteiger partial charge in [-0.2, -0.15) is 15.0 Å². The van der Waals surface area contributed by atoms with Crippen molar-refractivity contribution in [2.24, 2.45) is 7.05 Å². The van der Waals surface area contributed by atoms with E-state index in [0.717, 1.165) is 4.60 Å². The Morgan fingerprint density at radius 3 is 2.73 bits per heavy atom. The summed E-state index contributed by atoms with van der Waals surface area (Å²) in [6, 6.07) is 3.56. The van der Waals surface area contributed by atoms with Crippen LogP contribution in [0.25, 0.3) is 0 Å². The molecule has 0 aliphatic heterocycles. The molecule has 0 amide bonds. The second-order valence-corrected chi connectivity index (χ2v) is 3.89. The van der Waals surface area contributed by atoms with Crippen molar-refractivity contribution >= 4 is 15.9 Å². The fourth-order valence-electron chi connectivity index (χ4n) is 1.21. The van der Waals surface area contributed by atoms with Gasteiger partial charge in [0.05, 0.1) is 6.20 Å². The van der Waals surface area contributed by atoms with Gasteiger partial charge in [0.2, 0.25) is 0 Å². The van der Waals surface area contributed by atoms with E-state index in [1.165, 1.54) is 11.0 Å². The molecule has 5 nitrogen and oxygen atoms in total. The number of rotatable bonds is 2. The van der Waals surface area contributed by atoms with Crippen molar-refractivity contribution < 1.29 is 5.11 Å². The molecule has 2 aromatic rings. The predicted molar refractivity (Wildman–Crippen MR) is 57.0 cm³/mol. The molecule has 0 aromatic carbocycles. The van der Waals surface area contributed by atoms with Gasteiger partial charge >= 0.3 is 0 Å². The van der Waals surface area contributed by atoms with Gasteiger partial charge in [0, 0.05) is 18.8 Å². The Kier molecular flexibility index (Phi) is 2.79. The van der Waals surface area contributed by atoms with E-state index in [1.807, 2.05) is 0 Å². The Hall–Kier alpha value is -1.27. The molecule has 15 heavy (non-hydrogen) atoms. The van der Waals surface area contributed by atoms with Gasteiger partial charge in [-0.05, 0) is 22.0 Å². The lowest BCUT2D eigenvalue weighted by atomic mass is 10.1. The highest BCUT2D eigenvalue weighted by Gasteiger charge is 2.13. The zero-order chi connectivity index (χ0) is 10.8. The van der Waals surface area contributed by atoms with Gasteiger partial charge < -0.3 is 5.11 Å². The molecule has 0 saturated carbocycles. The molecule has 78 valence electrons. The number of aliphatic hydroxyl groups excluding tert-OH is 1. The topological polar surface area (TPSA) is 63.8 Å². The Labute approximate surface area is 94.9 Å². The van der Waals surface area contributed by atoms with Crippen LogP contribution in [0.5, 0.6) is 0 Å². The van der Waals surface area contributed by atoms with Crippen molar-refractivity contribution in [2.75, 3.05) is 0 Å². The monoisotopic (exact) mass is 268 g/mol. The van der Waals surface area contributed by atoms with Crippen LogP contribution >= 0.6 is 15.9 Å². The van der Waals surface area contributed by atoms with E-state index in [9.17, 15) is 5.11 Å². The van der Waals surface area contributed by atoms with Gasteiger partial charge in [-0.3, -0.25) is 0 Å². The molecule has 0 spiro atoms. The van der Waals surface area contributed by atoms with Crippen LogP contribution in [-0.4, -0.2) is 25.1 Å². The van der Waals surface area contributed by atoms with Crippen molar-refractivity contribution in [1.82, 2.24) is 20.0 Å². The number of hydrogen-bond donors (Lipinski definition) is 1. The smallest absolute Gasteiger partial charge is 0.126 e. The maximum atomic E-state index is 9.92. The second kappa shape index (κ2) is 4.08. The van der Waals surface area contributed by atoms with Crippen LogP contribution in [0, 0.1) is 0 Å². The Morgan fingerprint density at radius 2 is 2.20 bits per heavy atom. The van der Waals surface area contributed by atoms with Crippen LogP contribution in [-0.2, 0) is 7.05 Å². The standard InChI is InChI=1S/C9H9BrN4O/c1-14-12-5-7(13-14)9(15)6-2-3-8(10)11-4-6/h2-5,9,15H,1H3. The summed E-state index contributed by atoms with van der Waals surface area (Å²) in [6.07, 6.45) is 2.36. The molecule has 2 rings (SSSR count). The van der Waals surface area contributed by atoms with Gasteiger partial charge in [-0.1, -0.05) is 6.07 Å². The van der Waals surface area contributed by atoms with E-state index >= 15 is 0 Å². The van der Waals surface area contributed by atoms with E-state index in [-0.39, 0.29) is 0 Å². The molecule has 6 heteroatoms. The molecule has 1 unspecified atom stereocenters. The zero-order valence-corrected chi connectivity index (χ0v) is 9.59. The minimum absolute atomic E-state index is 0.515. The highest BCUT2D eigenvalue weighted by molar-refractivity contribution is 9.10. The van der Waals surface area contributed by atoms with E-state index < -0.39 is 6.10 Å². The molecular weight excluding hydrogens is 260 g/mol. The number of halogens is 1. The Morgan fingerprint density at radius 1 is 1.40 bits per heavy atom. The minimum atomic E-state index is -0.778. The van der Waals surface area contributed by atoms with Crippen LogP contribution in [0.15, 0.2) is 29.1 Å². The predicted octanol–water partition coefficient (Wildman–Crippen LogP) is 1.05. The summed E-state index contributed by atoms with van der Waals surface area (Å²) in [5.74, 6) is 0. The van der Waals surface area contributed by atoms with Crippen molar-refractivity contribution in [1.29, 1.82) is 0 Å². The largest absolute Gasteiger partial charge is 0.382 e. The van der Waals surface area contributed by atoms with Crippen LogP contribution in [0.1, 0.15) is 17.4 Å². The normalized spacial score (nSPS) is 12.7. The zero-order valence-electron chi connectivity index (χ0n) is 8.00. The fourth-order valence-corrected chi connectivity index (χ4v) is 1.44. The average molecular weight is 269 g/mol. The van der Waals surface area contributed by atoms with Crippen molar-refractivity contribution in [3.63, 3.8) is 0 Å². The van der Waals surface area contributed by atoms with Crippen LogP contribution in [0.2, 0.25) is 0 Å².